The minimum atomic E-state index is -1.86. The summed E-state index contributed by atoms with van der Waals surface area (Å²) in [6, 6.07) is 13.4. The number of amides is 1. The highest BCUT2D eigenvalue weighted by Crippen LogP contribution is 2.29. The Hall–Kier alpha value is -1.44. The molecule has 0 heterocycles. The molecule has 2 rings (SSSR count). The average Bonchev–Trinajstić information content (AvgIpc) is 2.61. The second-order valence-corrected chi connectivity index (χ2v) is 8.50. The summed E-state index contributed by atoms with van der Waals surface area (Å²) in [4.78, 5) is 12.4. The molecular formula is C17H15Cl4N3O2S. The van der Waals surface area contributed by atoms with E-state index in [1.54, 1.807) is 49.6 Å². The van der Waals surface area contributed by atoms with E-state index in [0.717, 1.165) is 0 Å². The molecule has 0 aromatic heterocycles. The van der Waals surface area contributed by atoms with Gasteiger partial charge < -0.3 is 20.7 Å². The highest BCUT2D eigenvalue weighted by atomic mass is 35.6. The topological polar surface area (TPSA) is 62.4 Å². The maximum absolute atomic E-state index is 12.4. The van der Waals surface area contributed by atoms with Gasteiger partial charge in [-0.1, -0.05) is 52.5 Å². The van der Waals surface area contributed by atoms with Crippen molar-refractivity contribution >= 4 is 75.3 Å². The first-order valence-corrected chi connectivity index (χ1v) is 9.46. The van der Waals surface area contributed by atoms with Crippen LogP contribution < -0.4 is 20.7 Å². The predicted octanol–water partition coefficient (Wildman–Crippen LogP) is 4.76. The number of hydrogen-bond donors (Lipinski definition) is 3. The Morgan fingerprint density at radius 2 is 1.78 bits per heavy atom. The SMILES string of the molecule is COc1ccc(NC(=S)N[C@@H](NC(=O)c2cccc(Cl)c2)C(Cl)(Cl)Cl)cc1. The zero-order valence-corrected chi connectivity index (χ0v) is 17.8. The molecule has 2 aromatic carbocycles. The molecule has 3 N–H and O–H groups in total. The Morgan fingerprint density at radius 1 is 1.11 bits per heavy atom. The van der Waals surface area contributed by atoms with Crippen LogP contribution in [0.2, 0.25) is 5.02 Å². The van der Waals surface area contributed by atoms with Crippen molar-refractivity contribution < 1.29 is 9.53 Å². The van der Waals surface area contributed by atoms with E-state index in [1.807, 2.05) is 0 Å². The molecule has 10 heteroatoms. The summed E-state index contributed by atoms with van der Waals surface area (Å²) in [5, 5.41) is 8.87. The van der Waals surface area contributed by atoms with Crippen molar-refractivity contribution in [3.63, 3.8) is 0 Å². The predicted molar refractivity (Wildman–Crippen MR) is 115 cm³/mol. The first kappa shape index (κ1) is 21.9. The third-order valence-corrected chi connectivity index (χ3v) is 4.42. The van der Waals surface area contributed by atoms with Gasteiger partial charge in [-0.25, -0.2) is 0 Å². The van der Waals surface area contributed by atoms with Crippen molar-refractivity contribution in [2.75, 3.05) is 12.4 Å². The lowest BCUT2D eigenvalue weighted by Crippen LogP contribution is -2.56. The van der Waals surface area contributed by atoms with Gasteiger partial charge in [-0.15, -0.1) is 0 Å². The van der Waals surface area contributed by atoms with E-state index in [-0.39, 0.29) is 5.11 Å². The Morgan fingerprint density at radius 3 is 2.33 bits per heavy atom. The van der Waals surface area contributed by atoms with E-state index in [4.69, 9.17) is 63.4 Å². The van der Waals surface area contributed by atoms with Crippen molar-refractivity contribution in [1.82, 2.24) is 10.6 Å². The molecule has 144 valence electrons. The molecule has 0 unspecified atom stereocenters. The second-order valence-electron chi connectivity index (χ2n) is 5.29. The highest BCUT2D eigenvalue weighted by molar-refractivity contribution is 7.80. The summed E-state index contributed by atoms with van der Waals surface area (Å²) < 4.78 is 3.23. The normalized spacial score (nSPS) is 12.0. The van der Waals surface area contributed by atoms with E-state index < -0.39 is 15.9 Å². The van der Waals surface area contributed by atoms with Gasteiger partial charge in [0.15, 0.2) is 5.11 Å². The molecule has 0 fully saturated rings. The van der Waals surface area contributed by atoms with Gasteiger partial charge in [0.25, 0.3) is 5.91 Å². The van der Waals surface area contributed by atoms with E-state index in [2.05, 4.69) is 16.0 Å². The van der Waals surface area contributed by atoms with Crippen LogP contribution in [0.4, 0.5) is 5.69 Å². The standard InChI is InChI=1S/C17H15Cl4N3O2S/c1-26-13-7-5-12(6-8-13)22-16(27)24-15(17(19,20)21)23-14(25)10-3-2-4-11(18)9-10/h2-9,15H,1H3,(H,23,25)(H2,22,24,27)/t15-/m1/s1. The first-order valence-electron chi connectivity index (χ1n) is 7.54. The summed E-state index contributed by atoms with van der Waals surface area (Å²) in [5.41, 5.74) is 1.01. The Balaban J connectivity index is 2.05. The van der Waals surface area contributed by atoms with Crippen LogP contribution in [0.5, 0.6) is 5.75 Å². The van der Waals surface area contributed by atoms with Gasteiger partial charge in [0.05, 0.1) is 7.11 Å². The number of rotatable bonds is 5. The molecule has 0 saturated carbocycles. The number of ether oxygens (including phenoxy) is 1. The van der Waals surface area contributed by atoms with Crippen molar-refractivity contribution in [2.45, 2.75) is 9.96 Å². The van der Waals surface area contributed by atoms with Crippen molar-refractivity contribution in [3.05, 3.63) is 59.1 Å². The molecule has 0 bridgehead atoms. The van der Waals surface area contributed by atoms with Crippen molar-refractivity contribution in [3.8, 4) is 5.75 Å². The van der Waals surface area contributed by atoms with E-state index >= 15 is 0 Å². The smallest absolute Gasteiger partial charge is 0.253 e. The van der Waals surface area contributed by atoms with Crippen LogP contribution in [0, 0.1) is 0 Å². The monoisotopic (exact) mass is 465 g/mol. The zero-order chi connectivity index (χ0) is 20.0. The maximum atomic E-state index is 12.4. The largest absolute Gasteiger partial charge is 0.497 e. The molecule has 2 aromatic rings. The summed E-state index contributed by atoms with van der Waals surface area (Å²) in [5.74, 6) is 0.223. The lowest BCUT2D eigenvalue weighted by molar-refractivity contribution is 0.0934. The number of halogens is 4. The second kappa shape index (κ2) is 9.66. The molecule has 1 atom stereocenters. The van der Waals surface area contributed by atoms with E-state index in [9.17, 15) is 4.79 Å². The minimum absolute atomic E-state index is 0.155. The Kier molecular flexibility index (Phi) is 7.82. The van der Waals surface area contributed by atoms with Crippen LogP contribution in [0.1, 0.15) is 10.4 Å². The minimum Gasteiger partial charge on any atom is -0.497 e. The average molecular weight is 467 g/mol. The Bertz CT molecular complexity index is 813. The van der Waals surface area contributed by atoms with Crippen LogP contribution in [-0.2, 0) is 0 Å². The summed E-state index contributed by atoms with van der Waals surface area (Å²) in [6.45, 7) is 0. The van der Waals surface area contributed by atoms with Gasteiger partial charge in [0.2, 0.25) is 3.79 Å². The number of carbonyl (C=O) groups is 1. The Labute approximate surface area is 182 Å². The summed E-state index contributed by atoms with van der Waals surface area (Å²) in [7, 11) is 1.57. The fourth-order valence-electron chi connectivity index (χ4n) is 2.02. The van der Waals surface area contributed by atoms with E-state index in [1.165, 1.54) is 6.07 Å². The van der Waals surface area contributed by atoms with Crippen molar-refractivity contribution in [2.24, 2.45) is 0 Å². The lowest BCUT2D eigenvalue weighted by Gasteiger charge is -2.27. The van der Waals surface area contributed by atoms with Gasteiger partial charge in [-0.2, -0.15) is 0 Å². The maximum Gasteiger partial charge on any atom is 0.253 e. The summed E-state index contributed by atoms with van der Waals surface area (Å²) in [6.07, 6.45) is -1.09. The van der Waals surface area contributed by atoms with Crippen LogP contribution in [0.25, 0.3) is 0 Å². The van der Waals surface area contributed by atoms with Gasteiger partial charge >= 0.3 is 0 Å². The number of thiocarbonyl (C=S) groups is 1. The van der Waals surface area contributed by atoms with Crippen LogP contribution >= 0.6 is 58.6 Å². The molecule has 0 saturated heterocycles. The summed E-state index contributed by atoms with van der Waals surface area (Å²) >= 11 is 29.0. The first-order chi connectivity index (χ1) is 12.7. The highest BCUT2D eigenvalue weighted by Gasteiger charge is 2.34. The number of carbonyl (C=O) groups excluding carboxylic acids is 1. The number of hydrogen-bond acceptors (Lipinski definition) is 3. The molecule has 1 amide bonds. The number of alkyl halides is 3. The molecule has 5 nitrogen and oxygen atoms in total. The quantitative estimate of drug-likeness (QED) is 0.337. The third-order valence-electron chi connectivity index (χ3n) is 3.31. The third kappa shape index (κ3) is 6.90. The molecule has 0 aliphatic heterocycles. The number of anilines is 1. The fourth-order valence-corrected chi connectivity index (χ4v) is 2.77. The van der Waals surface area contributed by atoms with Gasteiger partial charge in [0.1, 0.15) is 11.9 Å². The molecule has 0 aliphatic carbocycles. The number of methoxy groups -OCH3 is 1. The molecular weight excluding hydrogens is 452 g/mol. The molecule has 0 radical (unpaired) electrons. The fraction of sp³-hybridized carbons (Fsp3) is 0.176. The molecule has 0 aliphatic rings. The van der Waals surface area contributed by atoms with Gasteiger partial charge in [-0.05, 0) is 54.7 Å². The number of nitrogens with one attached hydrogen (secondary N) is 3. The molecule has 27 heavy (non-hydrogen) atoms. The van der Waals surface area contributed by atoms with E-state index in [0.29, 0.717) is 22.0 Å². The molecule has 0 spiro atoms. The van der Waals surface area contributed by atoms with Gasteiger partial charge in [0, 0.05) is 16.3 Å². The zero-order valence-electron chi connectivity index (χ0n) is 13.9. The van der Waals surface area contributed by atoms with Crippen LogP contribution in [0.3, 0.4) is 0 Å². The van der Waals surface area contributed by atoms with Crippen LogP contribution in [0.15, 0.2) is 48.5 Å². The van der Waals surface area contributed by atoms with Gasteiger partial charge in [-0.3, -0.25) is 4.79 Å². The number of benzene rings is 2. The van der Waals surface area contributed by atoms with Crippen LogP contribution in [-0.4, -0.2) is 28.1 Å². The lowest BCUT2D eigenvalue weighted by atomic mass is 10.2. The van der Waals surface area contributed by atoms with Crippen molar-refractivity contribution in [1.29, 1.82) is 0 Å².